The van der Waals surface area contributed by atoms with E-state index in [-0.39, 0.29) is 0 Å². The Hall–Kier alpha value is -1.69. The van der Waals surface area contributed by atoms with Crippen LogP contribution in [0.5, 0.6) is 0 Å². The van der Waals surface area contributed by atoms with Gasteiger partial charge in [-0.05, 0) is 32.9 Å². The first-order chi connectivity index (χ1) is 9.34. The van der Waals surface area contributed by atoms with E-state index in [0.717, 1.165) is 18.0 Å². The molecule has 1 aliphatic heterocycles. The zero-order valence-corrected chi connectivity index (χ0v) is 11.3. The predicted molar refractivity (Wildman–Crippen MR) is 74.2 cm³/mol. The van der Waals surface area contributed by atoms with E-state index in [1.807, 2.05) is 10.6 Å². The maximum atomic E-state index is 4.34. The third-order valence-corrected chi connectivity index (χ3v) is 3.79. The second kappa shape index (κ2) is 5.52. The number of likely N-dealkylation sites (tertiary alicyclic amines) is 1. The number of fused-ring (bicyclic) bond motifs is 1. The summed E-state index contributed by atoms with van der Waals surface area (Å²) in [5, 5.41) is 11.4. The standard InChI is InChI=1S/C13H20N6/c1-11(18-6-3-2-4-7-18)9-15-12-13-17-16-10-19(13)8-5-14-12/h5,8,10-11H,2-4,6-7,9H2,1H3,(H,14,15). The highest BCUT2D eigenvalue weighted by atomic mass is 15.3. The highest BCUT2D eigenvalue weighted by molar-refractivity contribution is 5.61. The number of piperidine rings is 1. The molecule has 0 amide bonds. The average Bonchev–Trinajstić information content (AvgIpc) is 2.94. The lowest BCUT2D eigenvalue weighted by atomic mass is 10.1. The van der Waals surface area contributed by atoms with Crippen molar-refractivity contribution in [1.29, 1.82) is 0 Å². The van der Waals surface area contributed by atoms with Crippen molar-refractivity contribution < 1.29 is 0 Å². The minimum atomic E-state index is 0.519. The second-order valence-electron chi connectivity index (χ2n) is 5.16. The Balaban J connectivity index is 1.63. The molecule has 0 aromatic carbocycles. The van der Waals surface area contributed by atoms with Gasteiger partial charge >= 0.3 is 0 Å². The minimum Gasteiger partial charge on any atom is -0.365 e. The van der Waals surface area contributed by atoms with E-state index in [2.05, 4.69) is 32.3 Å². The summed E-state index contributed by atoms with van der Waals surface area (Å²) in [6.45, 7) is 5.58. The van der Waals surface area contributed by atoms with Crippen molar-refractivity contribution in [2.45, 2.75) is 32.2 Å². The molecule has 0 radical (unpaired) electrons. The Morgan fingerprint density at radius 1 is 1.32 bits per heavy atom. The molecule has 19 heavy (non-hydrogen) atoms. The quantitative estimate of drug-likeness (QED) is 0.900. The molecule has 0 aliphatic carbocycles. The Labute approximate surface area is 112 Å². The summed E-state index contributed by atoms with van der Waals surface area (Å²) in [6.07, 6.45) is 9.33. The molecule has 102 valence electrons. The topological polar surface area (TPSA) is 58.4 Å². The minimum absolute atomic E-state index is 0.519. The summed E-state index contributed by atoms with van der Waals surface area (Å²) in [5.74, 6) is 0.809. The van der Waals surface area contributed by atoms with Crippen LogP contribution in [0.15, 0.2) is 18.7 Å². The Morgan fingerprint density at radius 3 is 3.00 bits per heavy atom. The first-order valence-electron chi connectivity index (χ1n) is 6.97. The summed E-state index contributed by atoms with van der Waals surface area (Å²) in [6, 6.07) is 0.519. The van der Waals surface area contributed by atoms with E-state index in [0.29, 0.717) is 6.04 Å². The van der Waals surface area contributed by atoms with Crippen LogP contribution in [-0.4, -0.2) is 50.2 Å². The molecule has 0 saturated carbocycles. The van der Waals surface area contributed by atoms with Gasteiger partial charge < -0.3 is 5.32 Å². The molecule has 1 aliphatic rings. The number of nitrogens with zero attached hydrogens (tertiary/aromatic N) is 5. The molecule has 0 spiro atoms. The van der Waals surface area contributed by atoms with Crippen LogP contribution in [0.25, 0.3) is 5.65 Å². The molecule has 3 rings (SSSR count). The molecule has 1 N–H and O–H groups in total. The average molecular weight is 260 g/mol. The highest BCUT2D eigenvalue weighted by Gasteiger charge is 2.16. The van der Waals surface area contributed by atoms with Crippen LogP contribution in [0.4, 0.5) is 5.82 Å². The fraction of sp³-hybridized carbons (Fsp3) is 0.615. The third kappa shape index (κ3) is 2.68. The maximum Gasteiger partial charge on any atom is 0.203 e. The summed E-state index contributed by atoms with van der Waals surface area (Å²) in [5.41, 5.74) is 0.786. The Bertz CT molecular complexity index is 531. The van der Waals surface area contributed by atoms with E-state index in [9.17, 15) is 0 Å². The van der Waals surface area contributed by atoms with Crippen molar-refractivity contribution in [2.24, 2.45) is 0 Å². The van der Waals surface area contributed by atoms with Gasteiger partial charge in [0.25, 0.3) is 0 Å². The zero-order chi connectivity index (χ0) is 13.1. The molecule has 1 fully saturated rings. The van der Waals surface area contributed by atoms with Gasteiger partial charge in [0.1, 0.15) is 6.33 Å². The highest BCUT2D eigenvalue weighted by Crippen LogP contribution is 2.14. The molecule has 6 heteroatoms. The van der Waals surface area contributed by atoms with Gasteiger partial charge in [-0.3, -0.25) is 9.30 Å². The summed E-state index contributed by atoms with van der Waals surface area (Å²) in [7, 11) is 0. The fourth-order valence-corrected chi connectivity index (χ4v) is 2.62. The monoisotopic (exact) mass is 260 g/mol. The summed E-state index contributed by atoms with van der Waals surface area (Å²) >= 11 is 0. The SMILES string of the molecule is CC(CNc1nccn2cnnc12)N1CCCCC1. The van der Waals surface area contributed by atoms with Crippen molar-refractivity contribution >= 4 is 11.5 Å². The van der Waals surface area contributed by atoms with Crippen molar-refractivity contribution in [3.05, 3.63) is 18.7 Å². The summed E-state index contributed by atoms with van der Waals surface area (Å²) < 4.78 is 1.88. The number of hydrogen-bond acceptors (Lipinski definition) is 5. The maximum absolute atomic E-state index is 4.34. The van der Waals surface area contributed by atoms with E-state index >= 15 is 0 Å². The molecule has 1 unspecified atom stereocenters. The van der Waals surface area contributed by atoms with E-state index < -0.39 is 0 Å². The molecule has 2 aromatic rings. The lowest BCUT2D eigenvalue weighted by Crippen LogP contribution is -2.41. The van der Waals surface area contributed by atoms with E-state index in [1.54, 1.807) is 12.5 Å². The molecule has 1 atom stereocenters. The van der Waals surface area contributed by atoms with E-state index in [1.165, 1.54) is 32.4 Å². The molecule has 1 saturated heterocycles. The Kier molecular flexibility index (Phi) is 3.59. The largest absolute Gasteiger partial charge is 0.365 e. The molecule has 2 aromatic heterocycles. The third-order valence-electron chi connectivity index (χ3n) is 3.79. The van der Waals surface area contributed by atoms with Crippen LogP contribution in [0, 0.1) is 0 Å². The van der Waals surface area contributed by atoms with Gasteiger partial charge in [-0.1, -0.05) is 6.42 Å². The molecular formula is C13H20N6. The van der Waals surface area contributed by atoms with Crippen LogP contribution in [0.3, 0.4) is 0 Å². The van der Waals surface area contributed by atoms with Crippen LogP contribution < -0.4 is 5.32 Å². The van der Waals surface area contributed by atoms with Gasteiger partial charge in [0.05, 0.1) is 0 Å². The first-order valence-corrected chi connectivity index (χ1v) is 6.97. The lowest BCUT2D eigenvalue weighted by molar-refractivity contribution is 0.180. The summed E-state index contributed by atoms with van der Waals surface area (Å²) in [4.78, 5) is 6.89. The first kappa shape index (κ1) is 12.3. The van der Waals surface area contributed by atoms with Gasteiger partial charge in [0, 0.05) is 25.0 Å². The predicted octanol–water partition coefficient (Wildman–Crippen LogP) is 1.41. The van der Waals surface area contributed by atoms with Crippen molar-refractivity contribution in [3.8, 4) is 0 Å². The number of nitrogens with one attached hydrogen (secondary N) is 1. The lowest BCUT2D eigenvalue weighted by Gasteiger charge is -2.32. The van der Waals surface area contributed by atoms with E-state index in [4.69, 9.17) is 0 Å². The van der Waals surface area contributed by atoms with Crippen molar-refractivity contribution in [2.75, 3.05) is 25.0 Å². The van der Waals surface area contributed by atoms with Gasteiger partial charge in [0.15, 0.2) is 5.82 Å². The van der Waals surface area contributed by atoms with Crippen LogP contribution in [-0.2, 0) is 0 Å². The Morgan fingerprint density at radius 2 is 2.16 bits per heavy atom. The number of rotatable bonds is 4. The van der Waals surface area contributed by atoms with Gasteiger partial charge in [0.2, 0.25) is 5.65 Å². The van der Waals surface area contributed by atoms with Crippen LogP contribution in [0.2, 0.25) is 0 Å². The normalized spacial score (nSPS) is 18.6. The number of aromatic nitrogens is 4. The molecule has 3 heterocycles. The van der Waals surface area contributed by atoms with Gasteiger partial charge in [-0.2, -0.15) is 0 Å². The molecule has 0 bridgehead atoms. The zero-order valence-electron chi connectivity index (χ0n) is 11.3. The second-order valence-corrected chi connectivity index (χ2v) is 5.16. The molecular weight excluding hydrogens is 240 g/mol. The van der Waals surface area contributed by atoms with Crippen molar-refractivity contribution in [1.82, 2.24) is 24.5 Å². The van der Waals surface area contributed by atoms with Crippen LogP contribution in [0.1, 0.15) is 26.2 Å². The molecule has 6 nitrogen and oxygen atoms in total. The van der Waals surface area contributed by atoms with Gasteiger partial charge in [-0.25, -0.2) is 4.98 Å². The van der Waals surface area contributed by atoms with Gasteiger partial charge in [-0.15, -0.1) is 10.2 Å². The number of hydrogen-bond donors (Lipinski definition) is 1. The fourth-order valence-electron chi connectivity index (χ4n) is 2.62. The van der Waals surface area contributed by atoms with Crippen LogP contribution >= 0.6 is 0 Å². The van der Waals surface area contributed by atoms with Crippen molar-refractivity contribution in [3.63, 3.8) is 0 Å². The smallest absolute Gasteiger partial charge is 0.203 e. The number of anilines is 1.